The van der Waals surface area contributed by atoms with Crippen molar-refractivity contribution in [3.8, 4) is 11.5 Å². The maximum absolute atomic E-state index is 7.62. The number of imidazole rings is 1. The van der Waals surface area contributed by atoms with Crippen LogP contribution in [0.3, 0.4) is 0 Å². The molecule has 0 radical (unpaired) electrons. The van der Waals surface area contributed by atoms with Gasteiger partial charge in [-0.2, -0.15) is 0 Å². The fourth-order valence-corrected chi connectivity index (χ4v) is 5.57. The number of nitrogens with two attached hydrogens (primary N) is 2. The Bertz CT molecular complexity index is 1180. The van der Waals surface area contributed by atoms with Gasteiger partial charge in [-0.15, -0.1) is 0 Å². The molecule has 0 atom stereocenters. The van der Waals surface area contributed by atoms with E-state index in [1.165, 1.54) is 18.1 Å². The summed E-state index contributed by atoms with van der Waals surface area (Å²) in [6.07, 6.45) is 4.49. The fourth-order valence-electron chi connectivity index (χ4n) is 4.06. The summed E-state index contributed by atoms with van der Waals surface area (Å²) in [5, 5.41) is 8.42. The first-order valence-corrected chi connectivity index (χ1v) is 11.9. The van der Waals surface area contributed by atoms with E-state index in [0.717, 1.165) is 70.6 Å². The monoisotopic (exact) mass is 518 g/mol. The fraction of sp³-hybridized carbons (Fsp3) is 0.400. The Balaban J connectivity index is 1.40. The maximum atomic E-state index is 7.62. The number of halogens is 1. The number of hydrogen-bond acceptors (Lipinski definition) is 8. The zero-order valence-corrected chi connectivity index (χ0v) is 19.7. The van der Waals surface area contributed by atoms with E-state index in [4.69, 9.17) is 31.3 Å². The first kappa shape index (κ1) is 21.1. The molecule has 0 aliphatic carbocycles. The Kier molecular flexibility index (Phi) is 5.72. The topological polar surface area (TPSA) is 141 Å². The minimum atomic E-state index is 0.157. The molecule has 5 rings (SSSR count). The van der Waals surface area contributed by atoms with Gasteiger partial charge in [-0.1, -0.05) is 11.8 Å². The molecule has 0 amide bonds. The second kappa shape index (κ2) is 8.66. The summed E-state index contributed by atoms with van der Waals surface area (Å²) < 4.78 is 14.0. The summed E-state index contributed by atoms with van der Waals surface area (Å²) in [6, 6.07) is 3.86. The van der Waals surface area contributed by atoms with Crippen LogP contribution in [0.2, 0.25) is 0 Å². The second-order valence-electron chi connectivity index (χ2n) is 7.82. The molecule has 10 nitrogen and oxygen atoms in total. The molecule has 32 heavy (non-hydrogen) atoms. The van der Waals surface area contributed by atoms with Gasteiger partial charge in [0.05, 0.1) is 0 Å². The lowest BCUT2D eigenvalue weighted by Crippen LogP contribution is -2.42. The van der Waals surface area contributed by atoms with Crippen molar-refractivity contribution < 1.29 is 9.47 Å². The molecule has 0 saturated carbocycles. The van der Waals surface area contributed by atoms with Crippen LogP contribution < -0.4 is 20.9 Å². The molecule has 168 valence electrons. The van der Waals surface area contributed by atoms with Gasteiger partial charge in [-0.25, -0.2) is 15.0 Å². The number of rotatable bonds is 5. The number of nitrogen functional groups attached to an aromatic ring is 1. The minimum absolute atomic E-state index is 0.157. The Labute approximate surface area is 197 Å². The van der Waals surface area contributed by atoms with E-state index >= 15 is 0 Å². The number of ether oxygens (including phenoxy) is 2. The van der Waals surface area contributed by atoms with Gasteiger partial charge in [0.25, 0.3) is 0 Å². The SMILES string of the molecule is N=C(N)N1CCC(CCn2c(Sc3cc4c(cc3Br)OCO4)nc3c(N)ncnc32)CC1. The Hall–Kier alpha value is -2.73. The van der Waals surface area contributed by atoms with Gasteiger partial charge >= 0.3 is 0 Å². The van der Waals surface area contributed by atoms with Crippen molar-refractivity contribution in [1.82, 2.24) is 24.4 Å². The average molecular weight is 519 g/mol. The normalized spacial score (nSPS) is 16.1. The van der Waals surface area contributed by atoms with Crippen LogP contribution in [0.4, 0.5) is 5.82 Å². The highest BCUT2D eigenvalue weighted by molar-refractivity contribution is 9.10. The van der Waals surface area contributed by atoms with Gasteiger partial charge in [0.2, 0.25) is 6.79 Å². The summed E-state index contributed by atoms with van der Waals surface area (Å²) >= 11 is 5.16. The Morgan fingerprint density at radius 3 is 2.72 bits per heavy atom. The molecule has 2 aliphatic rings. The summed E-state index contributed by atoms with van der Waals surface area (Å²) in [5.41, 5.74) is 13.1. The van der Waals surface area contributed by atoms with Gasteiger partial charge in [-0.3, -0.25) is 5.41 Å². The molecular weight excluding hydrogens is 496 g/mol. The van der Waals surface area contributed by atoms with Crippen molar-refractivity contribution in [3.63, 3.8) is 0 Å². The number of fused-ring (bicyclic) bond motifs is 2. The average Bonchev–Trinajstić information content (AvgIpc) is 3.37. The van der Waals surface area contributed by atoms with Crippen LogP contribution in [0.15, 0.2) is 33.0 Å². The largest absolute Gasteiger partial charge is 0.454 e. The number of likely N-dealkylation sites (tertiary alicyclic amines) is 1. The number of nitrogens with zero attached hydrogens (tertiary/aromatic N) is 5. The molecule has 1 aromatic carbocycles. The van der Waals surface area contributed by atoms with Crippen LogP contribution in [0.1, 0.15) is 19.3 Å². The van der Waals surface area contributed by atoms with E-state index in [0.29, 0.717) is 17.3 Å². The van der Waals surface area contributed by atoms with Crippen LogP contribution >= 0.6 is 27.7 Å². The van der Waals surface area contributed by atoms with Crippen LogP contribution in [0.25, 0.3) is 11.2 Å². The number of guanidine groups is 1. The van der Waals surface area contributed by atoms with Crippen molar-refractivity contribution in [2.24, 2.45) is 11.7 Å². The third-order valence-corrected chi connectivity index (χ3v) is 7.84. The quantitative estimate of drug-likeness (QED) is 0.343. The molecule has 12 heteroatoms. The van der Waals surface area contributed by atoms with Crippen molar-refractivity contribution >= 4 is 50.6 Å². The molecular formula is C20H23BrN8O2S. The van der Waals surface area contributed by atoms with E-state index in [1.807, 2.05) is 17.0 Å². The first-order valence-electron chi connectivity index (χ1n) is 10.3. The lowest BCUT2D eigenvalue weighted by molar-refractivity contribution is 0.174. The molecule has 1 saturated heterocycles. The number of aryl methyl sites for hydroxylation is 1. The van der Waals surface area contributed by atoms with Crippen LogP contribution in [0, 0.1) is 11.3 Å². The summed E-state index contributed by atoms with van der Waals surface area (Å²) in [7, 11) is 0. The molecule has 5 N–H and O–H groups in total. The second-order valence-corrected chi connectivity index (χ2v) is 9.68. The lowest BCUT2D eigenvalue weighted by atomic mass is 9.94. The van der Waals surface area contributed by atoms with Gasteiger partial charge < -0.3 is 30.4 Å². The third-order valence-electron chi connectivity index (χ3n) is 5.87. The smallest absolute Gasteiger partial charge is 0.231 e. The highest BCUT2D eigenvalue weighted by Gasteiger charge is 2.23. The Morgan fingerprint density at radius 2 is 1.97 bits per heavy atom. The number of anilines is 1. The zero-order valence-electron chi connectivity index (χ0n) is 17.3. The van der Waals surface area contributed by atoms with Gasteiger partial charge in [0.15, 0.2) is 39.6 Å². The molecule has 0 bridgehead atoms. The van der Waals surface area contributed by atoms with Crippen molar-refractivity contribution in [2.45, 2.75) is 35.9 Å². The zero-order chi connectivity index (χ0) is 22.2. The van der Waals surface area contributed by atoms with Crippen molar-refractivity contribution in [1.29, 1.82) is 5.41 Å². The highest BCUT2D eigenvalue weighted by Crippen LogP contribution is 2.43. The molecule has 2 aliphatic heterocycles. The van der Waals surface area contributed by atoms with Gasteiger partial charge in [-0.05, 0) is 53.2 Å². The molecule has 0 spiro atoms. The van der Waals surface area contributed by atoms with Crippen LogP contribution in [-0.2, 0) is 6.54 Å². The number of piperidine rings is 1. The number of hydrogen-bond donors (Lipinski definition) is 3. The van der Waals surface area contributed by atoms with Crippen molar-refractivity contribution in [2.75, 3.05) is 25.6 Å². The predicted octanol–water partition coefficient (Wildman–Crippen LogP) is 3.05. The minimum Gasteiger partial charge on any atom is -0.454 e. The number of nitrogens with one attached hydrogen (secondary N) is 1. The number of benzene rings is 1. The summed E-state index contributed by atoms with van der Waals surface area (Å²) in [5.74, 6) is 2.52. The van der Waals surface area contributed by atoms with E-state index in [9.17, 15) is 0 Å². The first-order chi connectivity index (χ1) is 15.5. The summed E-state index contributed by atoms with van der Waals surface area (Å²) in [4.78, 5) is 16.2. The molecule has 2 aromatic heterocycles. The third kappa shape index (κ3) is 4.04. The summed E-state index contributed by atoms with van der Waals surface area (Å²) in [6.45, 7) is 2.64. The van der Waals surface area contributed by atoms with E-state index in [-0.39, 0.29) is 12.8 Å². The predicted molar refractivity (Wildman–Crippen MR) is 125 cm³/mol. The highest BCUT2D eigenvalue weighted by atomic mass is 79.9. The standard InChI is InChI=1S/C20H23BrN8O2S/c21-12-7-13-14(31-10-30-13)8-15(12)32-20-27-16-17(22)25-9-26-18(16)29(20)6-3-11-1-4-28(5-2-11)19(23)24/h7-9,11H,1-6,10H2,(H3,23,24)(H2,22,25,26). The van der Waals surface area contributed by atoms with Crippen LogP contribution in [0.5, 0.6) is 11.5 Å². The lowest BCUT2D eigenvalue weighted by Gasteiger charge is -2.32. The van der Waals surface area contributed by atoms with Crippen molar-refractivity contribution in [3.05, 3.63) is 22.9 Å². The maximum Gasteiger partial charge on any atom is 0.231 e. The van der Waals surface area contributed by atoms with Crippen LogP contribution in [-0.4, -0.2) is 50.3 Å². The van der Waals surface area contributed by atoms with Gasteiger partial charge in [0.1, 0.15) is 6.33 Å². The van der Waals surface area contributed by atoms with Gasteiger partial charge in [0, 0.05) is 29.0 Å². The molecule has 1 fully saturated rings. The molecule has 3 aromatic rings. The van der Waals surface area contributed by atoms with E-state index in [2.05, 4.69) is 30.5 Å². The Morgan fingerprint density at radius 1 is 1.22 bits per heavy atom. The number of aromatic nitrogens is 4. The molecule has 4 heterocycles. The van der Waals surface area contributed by atoms with E-state index in [1.54, 1.807) is 0 Å². The van der Waals surface area contributed by atoms with E-state index < -0.39 is 0 Å². The molecule has 0 unspecified atom stereocenters.